The van der Waals surface area contributed by atoms with Gasteiger partial charge in [-0.15, -0.1) is 11.3 Å². The first kappa shape index (κ1) is 15.5. The molecular formula is C13H19NO4S. The summed E-state index contributed by atoms with van der Waals surface area (Å²) in [5.74, 6) is -0.312. The largest absolute Gasteiger partial charge is 0.466 e. The first-order valence-electron chi connectivity index (χ1n) is 6.02. The van der Waals surface area contributed by atoms with Crippen LogP contribution in [0.1, 0.15) is 33.3 Å². The summed E-state index contributed by atoms with van der Waals surface area (Å²) in [6, 6.07) is 0. The van der Waals surface area contributed by atoms with E-state index in [0.717, 1.165) is 5.56 Å². The fraction of sp³-hybridized carbons (Fsp3) is 0.538. The average molecular weight is 285 g/mol. The third kappa shape index (κ3) is 5.74. The van der Waals surface area contributed by atoms with Crippen LogP contribution in [0.5, 0.6) is 0 Å². The van der Waals surface area contributed by atoms with Gasteiger partial charge in [0.05, 0.1) is 18.7 Å². The Balaban J connectivity index is 2.62. The van der Waals surface area contributed by atoms with Crippen molar-refractivity contribution in [2.45, 2.75) is 39.7 Å². The van der Waals surface area contributed by atoms with Crippen molar-refractivity contribution in [1.82, 2.24) is 0 Å². The third-order valence-electron chi connectivity index (χ3n) is 2.02. The van der Waals surface area contributed by atoms with Gasteiger partial charge in [0, 0.05) is 5.38 Å². The van der Waals surface area contributed by atoms with Crippen molar-refractivity contribution >= 4 is 29.1 Å². The van der Waals surface area contributed by atoms with Crippen LogP contribution < -0.4 is 5.32 Å². The van der Waals surface area contributed by atoms with Gasteiger partial charge in [-0.3, -0.25) is 10.1 Å². The molecule has 0 fully saturated rings. The number of carbonyl (C=O) groups excluding carboxylic acids is 2. The van der Waals surface area contributed by atoms with Crippen molar-refractivity contribution in [2.75, 3.05) is 11.9 Å². The average Bonchev–Trinajstić information content (AvgIpc) is 2.62. The molecular weight excluding hydrogens is 266 g/mol. The monoisotopic (exact) mass is 285 g/mol. The lowest BCUT2D eigenvalue weighted by Gasteiger charge is -2.19. The molecule has 0 aliphatic rings. The number of anilines is 1. The molecule has 1 N–H and O–H groups in total. The molecule has 1 amide bonds. The summed E-state index contributed by atoms with van der Waals surface area (Å²) in [7, 11) is 0. The quantitative estimate of drug-likeness (QED) is 0.863. The minimum Gasteiger partial charge on any atom is -0.466 e. The molecule has 1 aromatic rings. The van der Waals surface area contributed by atoms with Crippen LogP contribution in [0, 0.1) is 0 Å². The number of hydrogen-bond donors (Lipinski definition) is 1. The van der Waals surface area contributed by atoms with Crippen LogP contribution in [0.2, 0.25) is 0 Å². The van der Waals surface area contributed by atoms with E-state index < -0.39 is 11.7 Å². The van der Waals surface area contributed by atoms with Crippen molar-refractivity contribution in [3.8, 4) is 0 Å². The predicted molar refractivity (Wildman–Crippen MR) is 74.5 cm³/mol. The number of esters is 1. The highest BCUT2D eigenvalue weighted by molar-refractivity contribution is 7.08. The molecule has 0 aliphatic carbocycles. The third-order valence-corrected chi connectivity index (χ3v) is 2.81. The Kier molecular flexibility index (Phi) is 5.35. The molecule has 106 valence electrons. The molecule has 0 aliphatic heterocycles. The summed E-state index contributed by atoms with van der Waals surface area (Å²) in [4.78, 5) is 23.1. The second-order valence-corrected chi connectivity index (χ2v) is 5.66. The fourth-order valence-electron chi connectivity index (χ4n) is 1.35. The van der Waals surface area contributed by atoms with E-state index in [1.165, 1.54) is 11.3 Å². The van der Waals surface area contributed by atoms with E-state index in [4.69, 9.17) is 9.47 Å². The molecule has 6 heteroatoms. The molecule has 0 aromatic carbocycles. The zero-order valence-corrected chi connectivity index (χ0v) is 12.4. The van der Waals surface area contributed by atoms with E-state index in [1.54, 1.807) is 33.1 Å². The molecule has 19 heavy (non-hydrogen) atoms. The normalized spacial score (nSPS) is 10.9. The summed E-state index contributed by atoms with van der Waals surface area (Å²) in [6.45, 7) is 7.47. The second kappa shape index (κ2) is 6.56. The van der Waals surface area contributed by atoms with Gasteiger partial charge in [0.2, 0.25) is 0 Å². The van der Waals surface area contributed by atoms with E-state index in [9.17, 15) is 9.59 Å². The lowest BCUT2D eigenvalue weighted by Crippen LogP contribution is -2.27. The molecule has 0 atom stereocenters. The molecule has 0 saturated heterocycles. The molecule has 0 bridgehead atoms. The lowest BCUT2D eigenvalue weighted by atomic mass is 10.2. The first-order chi connectivity index (χ1) is 8.81. The topological polar surface area (TPSA) is 64.6 Å². The number of amides is 1. The molecule has 0 spiro atoms. The first-order valence-corrected chi connectivity index (χ1v) is 6.97. The van der Waals surface area contributed by atoms with Gasteiger partial charge in [-0.2, -0.15) is 0 Å². The Morgan fingerprint density at radius 2 is 2.00 bits per heavy atom. The SMILES string of the molecule is CCOC(=O)Cc1cscc1NC(=O)OC(C)(C)C. The van der Waals surface area contributed by atoms with Gasteiger partial charge < -0.3 is 9.47 Å². The minimum absolute atomic E-state index is 0.141. The highest BCUT2D eigenvalue weighted by Crippen LogP contribution is 2.22. The predicted octanol–water partition coefficient (Wildman–Crippen LogP) is 3.20. The van der Waals surface area contributed by atoms with Crippen molar-refractivity contribution < 1.29 is 19.1 Å². The van der Waals surface area contributed by atoms with Gasteiger partial charge >= 0.3 is 12.1 Å². The molecule has 1 rings (SSSR count). The summed E-state index contributed by atoms with van der Waals surface area (Å²) in [5.41, 5.74) is 0.767. The smallest absolute Gasteiger partial charge is 0.412 e. The van der Waals surface area contributed by atoms with E-state index in [2.05, 4.69) is 5.32 Å². The van der Waals surface area contributed by atoms with Crippen molar-refractivity contribution in [1.29, 1.82) is 0 Å². The van der Waals surface area contributed by atoms with E-state index in [0.29, 0.717) is 12.3 Å². The molecule has 0 radical (unpaired) electrons. The maximum absolute atomic E-state index is 11.6. The van der Waals surface area contributed by atoms with Gasteiger partial charge in [0.1, 0.15) is 5.60 Å². The highest BCUT2D eigenvalue weighted by atomic mass is 32.1. The van der Waals surface area contributed by atoms with Crippen molar-refractivity contribution in [2.24, 2.45) is 0 Å². The highest BCUT2D eigenvalue weighted by Gasteiger charge is 2.18. The van der Waals surface area contributed by atoms with Gasteiger partial charge in [0.15, 0.2) is 0 Å². The fourth-order valence-corrected chi connectivity index (χ4v) is 2.14. The van der Waals surface area contributed by atoms with Crippen LogP contribution in [0.25, 0.3) is 0 Å². The molecule has 1 heterocycles. The van der Waals surface area contributed by atoms with Crippen LogP contribution >= 0.6 is 11.3 Å². The van der Waals surface area contributed by atoms with Gasteiger partial charge in [-0.25, -0.2) is 4.79 Å². The molecule has 5 nitrogen and oxygen atoms in total. The zero-order valence-electron chi connectivity index (χ0n) is 11.6. The number of rotatable bonds is 4. The van der Waals surface area contributed by atoms with Gasteiger partial charge in [0.25, 0.3) is 0 Å². The molecule has 0 unspecified atom stereocenters. The minimum atomic E-state index is -0.554. The number of carbonyl (C=O) groups is 2. The van der Waals surface area contributed by atoms with Crippen LogP contribution in [0.4, 0.5) is 10.5 Å². The van der Waals surface area contributed by atoms with Crippen LogP contribution in [0.3, 0.4) is 0 Å². The summed E-state index contributed by atoms with van der Waals surface area (Å²) < 4.78 is 10.0. The van der Waals surface area contributed by atoms with E-state index in [1.807, 2.05) is 5.38 Å². The summed E-state index contributed by atoms with van der Waals surface area (Å²) >= 11 is 1.41. The van der Waals surface area contributed by atoms with Gasteiger partial charge in [-0.05, 0) is 38.6 Å². The number of hydrogen-bond acceptors (Lipinski definition) is 5. The van der Waals surface area contributed by atoms with E-state index >= 15 is 0 Å². The Morgan fingerprint density at radius 3 is 2.58 bits per heavy atom. The molecule has 0 saturated carbocycles. The Bertz CT molecular complexity index is 448. The van der Waals surface area contributed by atoms with Crippen LogP contribution in [-0.4, -0.2) is 24.3 Å². The summed E-state index contributed by atoms with van der Waals surface area (Å²) in [5, 5.41) is 6.21. The van der Waals surface area contributed by atoms with Crippen molar-refractivity contribution in [3.05, 3.63) is 16.3 Å². The van der Waals surface area contributed by atoms with Crippen LogP contribution in [0.15, 0.2) is 10.8 Å². The van der Waals surface area contributed by atoms with E-state index in [-0.39, 0.29) is 12.4 Å². The number of ether oxygens (including phenoxy) is 2. The second-order valence-electron chi connectivity index (χ2n) is 4.92. The number of thiophene rings is 1. The Labute approximate surface area is 116 Å². The standard InChI is InChI=1S/C13H19NO4S/c1-5-17-11(15)6-9-7-19-8-10(9)14-12(16)18-13(2,3)4/h7-8H,5-6H2,1-4H3,(H,14,16). The zero-order chi connectivity index (χ0) is 14.5. The summed E-state index contributed by atoms with van der Waals surface area (Å²) in [6.07, 6.45) is -0.390. The Hall–Kier alpha value is -1.56. The number of nitrogens with one attached hydrogen (secondary N) is 1. The maximum Gasteiger partial charge on any atom is 0.412 e. The van der Waals surface area contributed by atoms with Gasteiger partial charge in [-0.1, -0.05) is 0 Å². The Morgan fingerprint density at radius 1 is 1.32 bits per heavy atom. The lowest BCUT2D eigenvalue weighted by molar-refractivity contribution is -0.142. The van der Waals surface area contributed by atoms with Crippen molar-refractivity contribution in [3.63, 3.8) is 0 Å². The molecule has 1 aromatic heterocycles. The maximum atomic E-state index is 11.6. The van der Waals surface area contributed by atoms with Crippen LogP contribution in [-0.2, 0) is 20.7 Å².